The summed E-state index contributed by atoms with van der Waals surface area (Å²) in [5.74, 6) is -0.431. The second-order valence-corrected chi connectivity index (χ2v) is 6.14. The Labute approximate surface area is 140 Å². The van der Waals surface area contributed by atoms with Crippen LogP contribution in [0.1, 0.15) is 37.6 Å². The third-order valence-electron chi connectivity index (χ3n) is 2.98. The lowest BCUT2D eigenvalue weighted by Crippen LogP contribution is -2.44. The van der Waals surface area contributed by atoms with Crippen LogP contribution in [0, 0.1) is 0 Å². The monoisotopic (exact) mass is 338 g/mol. The van der Waals surface area contributed by atoms with Gasteiger partial charge in [-0.2, -0.15) is 0 Å². The number of amides is 3. The first kappa shape index (κ1) is 19.0. The summed E-state index contributed by atoms with van der Waals surface area (Å²) in [4.78, 5) is 35.9. The highest BCUT2D eigenvalue weighted by Crippen LogP contribution is 2.22. The van der Waals surface area contributed by atoms with Crippen LogP contribution in [0.4, 0.5) is 4.79 Å². The molecule has 1 aromatic carbocycles. The van der Waals surface area contributed by atoms with Crippen molar-refractivity contribution in [2.75, 3.05) is 12.4 Å². The van der Waals surface area contributed by atoms with Crippen molar-refractivity contribution in [3.63, 3.8) is 0 Å². The SMILES string of the molecule is CCSc1ccccc1C(=O)OCC(=O)NC(=O)N[C@H](C)CC. The first-order valence-electron chi connectivity index (χ1n) is 7.47. The number of benzene rings is 1. The number of urea groups is 1. The fraction of sp³-hybridized carbons (Fsp3) is 0.438. The zero-order valence-electron chi connectivity index (χ0n) is 13.5. The first-order chi connectivity index (χ1) is 11.0. The fourth-order valence-corrected chi connectivity index (χ4v) is 2.44. The molecule has 0 radical (unpaired) electrons. The van der Waals surface area contributed by atoms with Crippen LogP contribution in [-0.4, -0.2) is 36.3 Å². The quantitative estimate of drug-likeness (QED) is 0.590. The van der Waals surface area contributed by atoms with E-state index in [1.165, 1.54) is 11.8 Å². The molecule has 23 heavy (non-hydrogen) atoms. The third kappa shape index (κ3) is 6.73. The lowest BCUT2D eigenvalue weighted by molar-refractivity contribution is -0.123. The van der Waals surface area contributed by atoms with Crippen LogP contribution in [0.25, 0.3) is 0 Å². The first-order valence-corrected chi connectivity index (χ1v) is 8.45. The highest BCUT2D eigenvalue weighted by molar-refractivity contribution is 7.99. The maximum Gasteiger partial charge on any atom is 0.339 e. The van der Waals surface area contributed by atoms with Gasteiger partial charge in [0.05, 0.1) is 5.56 Å². The summed E-state index contributed by atoms with van der Waals surface area (Å²) in [6.45, 7) is 5.22. The van der Waals surface area contributed by atoms with Crippen molar-refractivity contribution < 1.29 is 19.1 Å². The number of hydrogen-bond donors (Lipinski definition) is 2. The van der Waals surface area contributed by atoms with Crippen molar-refractivity contribution in [2.45, 2.75) is 38.1 Å². The van der Waals surface area contributed by atoms with E-state index in [4.69, 9.17) is 4.74 Å². The van der Waals surface area contributed by atoms with Crippen molar-refractivity contribution in [1.82, 2.24) is 10.6 Å². The molecule has 1 rings (SSSR count). The smallest absolute Gasteiger partial charge is 0.339 e. The van der Waals surface area contributed by atoms with Crippen molar-refractivity contribution >= 4 is 29.7 Å². The van der Waals surface area contributed by atoms with Gasteiger partial charge in [-0.3, -0.25) is 10.1 Å². The van der Waals surface area contributed by atoms with Gasteiger partial charge in [0.25, 0.3) is 5.91 Å². The lowest BCUT2D eigenvalue weighted by atomic mass is 10.2. The summed E-state index contributed by atoms with van der Waals surface area (Å²) in [5, 5.41) is 4.71. The Balaban J connectivity index is 2.50. The Morgan fingerprint density at radius 3 is 2.57 bits per heavy atom. The Morgan fingerprint density at radius 1 is 1.22 bits per heavy atom. The van der Waals surface area contributed by atoms with E-state index in [1.54, 1.807) is 12.1 Å². The molecule has 0 saturated carbocycles. The summed E-state index contributed by atoms with van der Waals surface area (Å²) in [5.41, 5.74) is 0.413. The van der Waals surface area contributed by atoms with Crippen LogP contribution in [0.2, 0.25) is 0 Å². The molecule has 6 nitrogen and oxygen atoms in total. The highest BCUT2D eigenvalue weighted by Gasteiger charge is 2.15. The van der Waals surface area contributed by atoms with E-state index in [2.05, 4.69) is 10.6 Å². The van der Waals surface area contributed by atoms with E-state index in [0.29, 0.717) is 5.56 Å². The predicted molar refractivity (Wildman–Crippen MR) is 89.5 cm³/mol. The minimum atomic E-state index is -0.667. The average molecular weight is 338 g/mol. The molecule has 0 aromatic heterocycles. The topological polar surface area (TPSA) is 84.5 Å². The predicted octanol–water partition coefficient (Wildman–Crippen LogP) is 2.58. The maximum absolute atomic E-state index is 12.0. The van der Waals surface area contributed by atoms with E-state index >= 15 is 0 Å². The van der Waals surface area contributed by atoms with E-state index in [0.717, 1.165) is 17.1 Å². The summed E-state index contributed by atoms with van der Waals surface area (Å²) < 4.78 is 4.96. The van der Waals surface area contributed by atoms with Crippen LogP contribution in [-0.2, 0) is 9.53 Å². The number of hydrogen-bond acceptors (Lipinski definition) is 5. The number of thioether (sulfide) groups is 1. The molecular weight excluding hydrogens is 316 g/mol. The van der Waals surface area contributed by atoms with Crippen molar-refractivity contribution in [2.24, 2.45) is 0 Å². The number of carbonyl (C=O) groups excluding carboxylic acids is 3. The second-order valence-electron chi connectivity index (χ2n) is 4.84. The molecule has 0 aliphatic rings. The van der Waals surface area contributed by atoms with Gasteiger partial charge < -0.3 is 10.1 Å². The Hall–Kier alpha value is -2.02. The van der Waals surface area contributed by atoms with Gasteiger partial charge in [-0.25, -0.2) is 9.59 Å². The van der Waals surface area contributed by atoms with Gasteiger partial charge in [0, 0.05) is 10.9 Å². The standard InChI is InChI=1S/C16H22N2O4S/c1-4-11(3)17-16(21)18-14(19)10-22-15(20)12-8-6-7-9-13(12)23-5-2/h6-9,11H,4-5,10H2,1-3H3,(H2,17,18,19,21)/t11-/m1/s1. The molecular formula is C16H22N2O4S. The Bertz CT molecular complexity index is 563. The molecule has 0 aliphatic heterocycles. The van der Waals surface area contributed by atoms with Gasteiger partial charge in [0.1, 0.15) is 0 Å². The van der Waals surface area contributed by atoms with E-state index < -0.39 is 24.5 Å². The van der Waals surface area contributed by atoms with Gasteiger partial charge in [0.2, 0.25) is 0 Å². The van der Waals surface area contributed by atoms with Crippen LogP contribution < -0.4 is 10.6 Å². The normalized spacial score (nSPS) is 11.4. The Kier molecular flexibility index (Phi) is 8.18. The van der Waals surface area contributed by atoms with Crippen molar-refractivity contribution in [1.29, 1.82) is 0 Å². The van der Waals surface area contributed by atoms with Crippen molar-refractivity contribution in [3.8, 4) is 0 Å². The van der Waals surface area contributed by atoms with Gasteiger partial charge in [-0.15, -0.1) is 11.8 Å². The van der Waals surface area contributed by atoms with Gasteiger partial charge in [-0.1, -0.05) is 26.0 Å². The van der Waals surface area contributed by atoms with Crippen LogP contribution in [0.5, 0.6) is 0 Å². The van der Waals surface area contributed by atoms with Gasteiger partial charge in [0.15, 0.2) is 6.61 Å². The molecule has 0 saturated heterocycles. The average Bonchev–Trinajstić information content (AvgIpc) is 2.53. The minimum Gasteiger partial charge on any atom is -0.452 e. The molecule has 126 valence electrons. The van der Waals surface area contributed by atoms with Crippen molar-refractivity contribution in [3.05, 3.63) is 29.8 Å². The lowest BCUT2D eigenvalue weighted by Gasteiger charge is -2.12. The van der Waals surface area contributed by atoms with E-state index in [1.807, 2.05) is 32.9 Å². The fourth-order valence-electron chi connectivity index (χ4n) is 1.65. The van der Waals surface area contributed by atoms with E-state index in [-0.39, 0.29) is 6.04 Å². The minimum absolute atomic E-state index is 0.0386. The maximum atomic E-state index is 12.0. The molecule has 3 amide bonds. The zero-order valence-corrected chi connectivity index (χ0v) is 14.4. The van der Waals surface area contributed by atoms with Crippen LogP contribution in [0.3, 0.4) is 0 Å². The highest BCUT2D eigenvalue weighted by atomic mass is 32.2. The molecule has 0 spiro atoms. The number of nitrogens with one attached hydrogen (secondary N) is 2. The van der Waals surface area contributed by atoms with Crippen LogP contribution >= 0.6 is 11.8 Å². The summed E-state index contributed by atoms with van der Waals surface area (Å²) in [6.07, 6.45) is 0.752. The Morgan fingerprint density at radius 2 is 1.91 bits per heavy atom. The van der Waals surface area contributed by atoms with Gasteiger partial charge in [-0.05, 0) is 31.2 Å². The molecule has 0 bridgehead atoms. The number of carbonyl (C=O) groups is 3. The molecule has 7 heteroatoms. The molecule has 1 aromatic rings. The largest absolute Gasteiger partial charge is 0.452 e. The number of rotatable bonds is 7. The third-order valence-corrected chi connectivity index (χ3v) is 3.94. The molecule has 2 N–H and O–H groups in total. The molecule has 0 unspecified atom stereocenters. The van der Waals surface area contributed by atoms with Gasteiger partial charge >= 0.3 is 12.0 Å². The zero-order chi connectivity index (χ0) is 17.2. The molecule has 1 atom stereocenters. The summed E-state index contributed by atoms with van der Waals surface area (Å²) in [6, 6.07) is 6.40. The molecule has 0 fully saturated rings. The van der Waals surface area contributed by atoms with Crippen LogP contribution in [0.15, 0.2) is 29.2 Å². The summed E-state index contributed by atoms with van der Waals surface area (Å²) in [7, 11) is 0. The number of imide groups is 1. The van der Waals surface area contributed by atoms with E-state index in [9.17, 15) is 14.4 Å². The molecule has 0 heterocycles. The number of esters is 1. The summed E-state index contributed by atoms with van der Waals surface area (Å²) >= 11 is 1.52. The second kappa shape index (κ2) is 9.89. The number of ether oxygens (including phenoxy) is 1. The molecule has 0 aliphatic carbocycles.